The van der Waals surface area contributed by atoms with Crippen molar-refractivity contribution in [2.24, 2.45) is 0 Å². The number of amides is 1. The molecule has 29 heavy (non-hydrogen) atoms. The molecule has 4 rings (SSSR count). The van der Waals surface area contributed by atoms with Gasteiger partial charge in [0.2, 0.25) is 11.7 Å². The van der Waals surface area contributed by atoms with Crippen LogP contribution in [-0.4, -0.2) is 41.7 Å². The van der Waals surface area contributed by atoms with Crippen LogP contribution in [0.3, 0.4) is 0 Å². The Bertz CT molecular complexity index is 958. The number of esters is 2. The zero-order chi connectivity index (χ0) is 20.6. The normalized spacial score (nSPS) is 23.2. The van der Waals surface area contributed by atoms with Gasteiger partial charge in [-0.25, -0.2) is 9.59 Å². The molecule has 2 aliphatic rings. The molecule has 0 radical (unpaired) electrons. The number of hydrogen-bond donors (Lipinski definition) is 0. The second-order valence-electron chi connectivity index (χ2n) is 6.75. The summed E-state index contributed by atoms with van der Waals surface area (Å²) < 4.78 is 16.3. The van der Waals surface area contributed by atoms with Crippen molar-refractivity contribution in [2.45, 2.75) is 30.4 Å². The molecule has 152 valence electrons. The van der Waals surface area contributed by atoms with Crippen LogP contribution < -0.4 is 0 Å². The Morgan fingerprint density at radius 2 is 2.03 bits per heavy atom. The second kappa shape index (κ2) is 7.87. The largest absolute Gasteiger partial charge is 0.463 e. The molecule has 1 aromatic heterocycles. The van der Waals surface area contributed by atoms with Crippen LogP contribution in [-0.2, 0) is 30.5 Å². The molecule has 2 aliphatic heterocycles. The Balaban J connectivity index is 1.48. The van der Waals surface area contributed by atoms with Crippen LogP contribution in [0, 0.1) is 0 Å². The summed E-state index contributed by atoms with van der Waals surface area (Å²) in [6.07, 6.45) is 1.05. The molecule has 9 heteroatoms. The van der Waals surface area contributed by atoms with Crippen LogP contribution in [0.5, 0.6) is 0 Å². The first-order valence-electron chi connectivity index (χ1n) is 9.00. The second-order valence-corrected chi connectivity index (χ2v) is 8.96. The van der Waals surface area contributed by atoms with E-state index in [1.165, 1.54) is 13.2 Å². The van der Waals surface area contributed by atoms with E-state index in [0.29, 0.717) is 24.4 Å². The minimum absolute atomic E-state index is 0.0407. The molecule has 0 N–H and O–H groups in total. The zero-order valence-corrected chi connectivity index (χ0v) is 18.0. The summed E-state index contributed by atoms with van der Waals surface area (Å²) in [6, 6.07) is 10.2. The Kier molecular flexibility index (Phi) is 5.44. The number of carbonyl (C=O) groups excluding carboxylic acids is 3. The average Bonchev–Trinajstić information content (AvgIpc) is 3.42. The van der Waals surface area contributed by atoms with E-state index in [1.54, 1.807) is 22.7 Å². The minimum atomic E-state index is -0.659. The summed E-state index contributed by atoms with van der Waals surface area (Å²) in [5.41, 5.74) is 1.00. The molecule has 0 unspecified atom stereocenters. The quantitative estimate of drug-likeness (QED) is 0.606. The summed E-state index contributed by atoms with van der Waals surface area (Å²) >= 11 is 5.03. The smallest absolute Gasteiger partial charge is 0.373 e. The lowest BCUT2D eigenvalue weighted by Crippen LogP contribution is -2.46. The number of nitrogens with zero attached hydrogens (tertiary/aromatic N) is 1. The Hall–Kier alpha value is -2.26. The Labute approximate surface area is 179 Å². The van der Waals surface area contributed by atoms with Crippen molar-refractivity contribution in [3.63, 3.8) is 0 Å². The Morgan fingerprint density at radius 3 is 2.76 bits per heavy atom. The maximum Gasteiger partial charge on any atom is 0.373 e. The average molecular weight is 480 g/mol. The lowest BCUT2D eigenvalue weighted by atomic mass is 10.0. The number of halogens is 1. The SMILES string of the molecule is COC(=O)c1ccc(COC(=O)[C@@H]2CS[C@]3(c4ccc(Br)cc4)CCC(=O)N23)o1. The van der Waals surface area contributed by atoms with Crippen molar-refractivity contribution in [1.82, 2.24) is 4.90 Å². The number of fused-ring (bicyclic) bond motifs is 1. The summed E-state index contributed by atoms with van der Waals surface area (Å²) in [4.78, 5) is 38.0. The van der Waals surface area contributed by atoms with E-state index in [-0.39, 0.29) is 18.3 Å². The molecule has 1 aromatic carbocycles. The van der Waals surface area contributed by atoms with Gasteiger partial charge in [0.1, 0.15) is 23.3 Å². The third-order valence-corrected chi connectivity index (χ3v) is 7.22. The molecule has 0 saturated carbocycles. The highest BCUT2D eigenvalue weighted by Crippen LogP contribution is 2.54. The topological polar surface area (TPSA) is 86.0 Å². The predicted octanol–water partition coefficient (Wildman–Crippen LogP) is 3.46. The van der Waals surface area contributed by atoms with Gasteiger partial charge in [-0.1, -0.05) is 28.1 Å². The summed E-state index contributed by atoms with van der Waals surface area (Å²) in [5, 5.41) is 0. The maximum absolute atomic E-state index is 12.8. The highest BCUT2D eigenvalue weighted by Gasteiger charge is 2.57. The van der Waals surface area contributed by atoms with Crippen molar-refractivity contribution >= 4 is 45.5 Å². The summed E-state index contributed by atoms with van der Waals surface area (Å²) in [6.45, 7) is -0.121. The van der Waals surface area contributed by atoms with Gasteiger partial charge in [0.25, 0.3) is 0 Å². The van der Waals surface area contributed by atoms with Crippen molar-refractivity contribution in [3.8, 4) is 0 Å². The molecule has 0 bridgehead atoms. The molecule has 1 amide bonds. The van der Waals surface area contributed by atoms with Gasteiger partial charge in [-0.3, -0.25) is 4.79 Å². The lowest BCUT2D eigenvalue weighted by molar-refractivity contribution is -0.155. The van der Waals surface area contributed by atoms with Crippen LogP contribution in [0.25, 0.3) is 0 Å². The number of carbonyl (C=O) groups is 3. The first-order valence-corrected chi connectivity index (χ1v) is 10.8. The van der Waals surface area contributed by atoms with Gasteiger partial charge in [-0.05, 0) is 36.2 Å². The molecular weight excluding hydrogens is 462 g/mol. The van der Waals surface area contributed by atoms with Gasteiger partial charge in [0.05, 0.1) is 7.11 Å². The van der Waals surface area contributed by atoms with E-state index in [9.17, 15) is 14.4 Å². The van der Waals surface area contributed by atoms with Gasteiger partial charge in [-0.2, -0.15) is 0 Å². The number of thioether (sulfide) groups is 1. The fourth-order valence-electron chi connectivity index (χ4n) is 3.73. The van der Waals surface area contributed by atoms with E-state index in [4.69, 9.17) is 9.15 Å². The van der Waals surface area contributed by atoms with Crippen molar-refractivity contribution in [1.29, 1.82) is 0 Å². The number of benzene rings is 1. The van der Waals surface area contributed by atoms with E-state index >= 15 is 0 Å². The third-order valence-electron chi connectivity index (χ3n) is 5.10. The number of rotatable bonds is 5. The highest BCUT2D eigenvalue weighted by molar-refractivity contribution is 9.10. The first kappa shape index (κ1) is 20.0. The monoisotopic (exact) mass is 479 g/mol. The van der Waals surface area contributed by atoms with E-state index in [1.807, 2.05) is 24.3 Å². The molecule has 2 aromatic rings. The van der Waals surface area contributed by atoms with Gasteiger partial charge in [0.15, 0.2) is 0 Å². The molecule has 2 fully saturated rings. The standard InChI is InChI=1S/C20H18BrNO6S/c1-26-19(25)16-7-6-14(28-16)10-27-18(24)15-11-29-20(9-8-17(23)22(15)20)12-2-4-13(21)5-3-12/h2-7,15H,8-11H2,1H3/t15-,20-/m0/s1. The summed E-state index contributed by atoms with van der Waals surface area (Å²) in [7, 11) is 1.26. The molecule has 0 spiro atoms. The van der Waals surface area contributed by atoms with Crippen molar-refractivity contribution in [3.05, 3.63) is 58.0 Å². The third kappa shape index (κ3) is 3.57. The minimum Gasteiger partial charge on any atom is -0.463 e. The number of hydrogen-bond acceptors (Lipinski definition) is 7. The van der Waals surface area contributed by atoms with Gasteiger partial charge < -0.3 is 18.8 Å². The van der Waals surface area contributed by atoms with E-state index < -0.39 is 22.9 Å². The summed E-state index contributed by atoms with van der Waals surface area (Å²) in [5.74, 6) is -0.299. The van der Waals surface area contributed by atoms with Crippen molar-refractivity contribution in [2.75, 3.05) is 12.9 Å². The molecule has 2 atom stereocenters. The van der Waals surface area contributed by atoms with E-state index in [0.717, 1.165) is 10.0 Å². The fraction of sp³-hybridized carbons (Fsp3) is 0.350. The number of furan rings is 1. The molecule has 0 aliphatic carbocycles. The molecule has 2 saturated heterocycles. The zero-order valence-electron chi connectivity index (χ0n) is 15.6. The number of ether oxygens (including phenoxy) is 2. The molecule has 3 heterocycles. The van der Waals surface area contributed by atoms with Crippen LogP contribution in [0.1, 0.15) is 34.7 Å². The van der Waals surface area contributed by atoms with E-state index in [2.05, 4.69) is 20.7 Å². The molecule has 7 nitrogen and oxygen atoms in total. The van der Waals surface area contributed by atoms with Crippen LogP contribution in [0.15, 0.2) is 45.3 Å². The van der Waals surface area contributed by atoms with Crippen molar-refractivity contribution < 1.29 is 28.3 Å². The highest BCUT2D eigenvalue weighted by atomic mass is 79.9. The number of methoxy groups -OCH3 is 1. The predicted molar refractivity (Wildman–Crippen MR) is 108 cm³/mol. The van der Waals surface area contributed by atoms with Crippen LogP contribution >= 0.6 is 27.7 Å². The first-order chi connectivity index (χ1) is 13.9. The molecular formula is C20H18BrNO6S. The van der Waals surface area contributed by atoms with Crippen LogP contribution in [0.2, 0.25) is 0 Å². The van der Waals surface area contributed by atoms with Gasteiger partial charge in [0, 0.05) is 16.6 Å². The van der Waals surface area contributed by atoms with Gasteiger partial charge in [-0.15, -0.1) is 11.8 Å². The van der Waals surface area contributed by atoms with Crippen LogP contribution in [0.4, 0.5) is 0 Å². The maximum atomic E-state index is 12.8. The lowest BCUT2D eigenvalue weighted by Gasteiger charge is -2.33. The van der Waals surface area contributed by atoms with Gasteiger partial charge >= 0.3 is 11.9 Å². The fourth-order valence-corrected chi connectivity index (χ4v) is 5.63. The Morgan fingerprint density at radius 1 is 1.28 bits per heavy atom.